The van der Waals surface area contributed by atoms with Gasteiger partial charge in [-0.05, 0) is 64.3 Å². The lowest BCUT2D eigenvalue weighted by Crippen LogP contribution is -2.41. The first kappa shape index (κ1) is 29.3. The van der Waals surface area contributed by atoms with Gasteiger partial charge in [0.25, 0.3) is 5.91 Å². The highest BCUT2D eigenvalue weighted by atomic mass is 16.5. The normalized spacial score (nSPS) is 15.1. The molecule has 0 fully saturated rings. The van der Waals surface area contributed by atoms with Crippen LogP contribution in [-0.2, 0) is 22.7 Å². The number of anilines is 1. The minimum atomic E-state index is -0.0929. The summed E-state index contributed by atoms with van der Waals surface area (Å²) in [6.45, 7) is 13.8. The number of benzene rings is 2. The smallest absolute Gasteiger partial charge is 0.264 e. The average molecular weight is 547 g/mol. The van der Waals surface area contributed by atoms with Crippen LogP contribution in [0.4, 0.5) is 5.69 Å². The van der Waals surface area contributed by atoms with Crippen LogP contribution in [0, 0.1) is 20.8 Å². The molecule has 9 heteroatoms. The average Bonchev–Trinajstić information content (AvgIpc) is 3.24. The minimum absolute atomic E-state index is 0.0506. The Balaban J connectivity index is 1.60. The molecule has 40 heavy (non-hydrogen) atoms. The first-order chi connectivity index (χ1) is 19.2. The van der Waals surface area contributed by atoms with E-state index in [1.54, 1.807) is 4.68 Å². The number of aryl methyl sites for hydroxylation is 4. The summed E-state index contributed by atoms with van der Waals surface area (Å²) >= 11 is 0. The van der Waals surface area contributed by atoms with E-state index in [4.69, 9.17) is 4.74 Å². The molecule has 0 saturated heterocycles. The van der Waals surface area contributed by atoms with Gasteiger partial charge < -0.3 is 14.5 Å². The van der Waals surface area contributed by atoms with Crippen LogP contribution < -0.4 is 9.64 Å². The molecule has 9 nitrogen and oxygen atoms in total. The summed E-state index contributed by atoms with van der Waals surface area (Å²) in [4.78, 5) is 37.8. The molecule has 1 aliphatic rings. The standard InChI is InChI=1S/C31H42N6O3/c1-23(2)34-16-10-17-36(30(39)22-40-28-13-7-6-8-14-28)31-24(3)11-9-12-27(31)21-35(20-19-34)29(38)15-18-37-26(5)32-25(4)33-37/h6-9,11-14,23H,10,15-22H2,1-5H3. The Kier molecular flexibility index (Phi) is 9.93. The Bertz CT molecular complexity index is 1290. The van der Waals surface area contributed by atoms with Crippen LogP contribution >= 0.6 is 0 Å². The molecule has 0 N–H and O–H groups in total. The molecular weight excluding hydrogens is 504 g/mol. The van der Waals surface area contributed by atoms with Gasteiger partial charge in [-0.15, -0.1) is 0 Å². The van der Waals surface area contributed by atoms with Crippen molar-refractivity contribution in [3.63, 3.8) is 0 Å². The van der Waals surface area contributed by atoms with Crippen molar-refractivity contribution in [3.8, 4) is 5.75 Å². The van der Waals surface area contributed by atoms with Crippen molar-refractivity contribution in [2.45, 2.75) is 66.6 Å². The maximum atomic E-state index is 13.7. The Morgan fingerprint density at radius 1 is 0.925 bits per heavy atom. The molecule has 0 bridgehead atoms. The zero-order chi connectivity index (χ0) is 28.6. The van der Waals surface area contributed by atoms with Crippen LogP contribution in [-0.4, -0.2) is 75.2 Å². The highest BCUT2D eigenvalue weighted by Crippen LogP contribution is 2.28. The first-order valence-corrected chi connectivity index (χ1v) is 14.2. The summed E-state index contributed by atoms with van der Waals surface area (Å²) in [7, 11) is 0. The predicted octanol–water partition coefficient (Wildman–Crippen LogP) is 4.15. The lowest BCUT2D eigenvalue weighted by atomic mass is 10.0. The highest BCUT2D eigenvalue weighted by molar-refractivity contribution is 5.96. The molecule has 0 saturated carbocycles. The Hall–Kier alpha value is -3.72. The Morgan fingerprint density at radius 2 is 1.70 bits per heavy atom. The number of carbonyl (C=O) groups is 2. The molecule has 0 radical (unpaired) electrons. The molecule has 3 aromatic rings. The van der Waals surface area contributed by atoms with Crippen LogP contribution in [0.15, 0.2) is 48.5 Å². The van der Waals surface area contributed by atoms with Crippen LogP contribution in [0.3, 0.4) is 0 Å². The van der Waals surface area contributed by atoms with Crippen LogP contribution in [0.1, 0.15) is 49.5 Å². The quantitative estimate of drug-likeness (QED) is 0.443. The fourth-order valence-electron chi connectivity index (χ4n) is 5.27. The highest BCUT2D eigenvalue weighted by Gasteiger charge is 2.26. The summed E-state index contributed by atoms with van der Waals surface area (Å²) in [6.07, 6.45) is 1.15. The number of nitrogens with zero attached hydrogens (tertiary/aromatic N) is 6. The molecule has 214 valence electrons. The fraction of sp³-hybridized carbons (Fsp3) is 0.484. The number of hydrogen-bond donors (Lipinski definition) is 0. The number of para-hydroxylation sites is 2. The lowest BCUT2D eigenvalue weighted by Gasteiger charge is -2.30. The van der Waals surface area contributed by atoms with Crippen molar-refractivity contribution in [2.24, 2.45) is 0 Å². The minimum Gasteiger partial charge on any atom is -0.484 e. The van der Waals surface area contributed by atoms with E-state index in [1.165, 1.54) is 0 Å². The van der Waals surface area contributed by atoms with Gasteiger partial charge in [-0.1, -0.05) is 36.4 Å². The number of amides is 2. The van der Waals surface area contributed by atoms with E-state index < -0.39 is 0 Å². The maximum absolute atomic E-state index is 13.7. The van der Waals surface area contributed by atoms with Crippen LogP contribution in [0.2, 0.25) is 0 Å². The van der Waals surface area contributed by atoms with Gasteiger partial charge in [-0.2, -0.15) is 5.10 Å². The van der Waals surface area contributed by atoms with Gasteiger partial charge in [0, 0.05) is 45.2 Å². The van der Waals surface area contributed by atoms with Crippen molar-refractivity contribution in [3.05, 3.63) is 71.3 Å². The number of aromatic nitrogens is 3. The first-order valence-electron chi connectivity index (χ1n) is 14.2. The molecule has 2 aromatic carbocycles. The second-order valence-electron chi connectivity index (χ2n) is 10.7. The number of carbonyl (C=O) groups excluding carboxylic acids is 2. The van der Waals surface area contributed by atoms with Crippen molar-refractivity contribution >= 4 is 17.5 Å². The van der Waals surface area contributed by atoms with Gasteiger partial charge in [0.15, 0.2) is 6.61 Å². The van der Waals surface area contributed by atoms with Crippen molar-refractivity contribution < 1.29 is 14.3 Å². The zero-order valence-corrected chi connectivity index (χ0v) is 24.5. The molecule has 2 heterocycles. The van der Waals surface area contributed by atoms with E-state index in [9.17, 15) is 9.59 Å². The molecule has 0 spiro atoms. The van der Waals surface area contributed by atoms with Crippen molar-refractivity contribution in [1.29, 1.82) is 0 Å². The van der Waals surface area contributed by atoms with Crippen LogP contribution in [0.5, 0.6) is 5.75 Å². The van der Waals surface area contributed by atoms with Gasteiger partial charge in [-0.3, -0.25) is 14.5 Å². The third-order valence-electron chi connectivity index (χ3n) is 7.43. The predicted molar refractivity (Wildman–Crippen MR) is 156 cm³/mol. The summed E-state index contributed by atoms with van der Waals surface area (Å²) in [5.74, 6) is 2.15. The van der Waals surface area contributed by atoms with Crippen LogP contribution in [0.25, 0.3) is 0 Å². The summed E-state index contributed by atoms with van der Waals surface area (Å²) in [6, 6.07) is 15.8. The largest absolute Gasteiger partial charge is 0.484 e. The Labute approximate surface area is 237 Å². The maximum Gasteiger partial charge on any atom is 0.264 e. The number of fused-ring (bicyclic) bond motifs is 1. The topological polar surface area (TPSA) is 83.8 Å². The van der Waals surface area contributed by atoms with E-state index >= 15 is 0 Å². The summed E-state index contributed by atoms with van der Waals surface area (Å²) in [5, 5.41) is 4.42. The zero-order valence-electron chi connectivity index (χ0n) is 24.5. The monoisotopic (exact) mass is 546 g/mol. The van der Waals surface area contributed by atoms with E-state index in [1.807, 2.05) is 79.1 Å². The van der Waals surface area contributed by atoms with Gasteiger partial charge in [0.1, 0.15) is 17.4 Å². The van der Waals surface area contributed by atoms with Gasteiger partial charge in [0.2, 0.25) is 5.91 Å². The summed E-state index contributed by atoms with van der Waals surface area (Å²) in [5.41, 5.74) is 2.85. The summed E-state index contributed by atoms with van der Waals surface area (Å²) < 4.78 is 7.65. The molecule has 1 aromatic heterocycles. The van der Waals surface area contributed by atoms with Crippen molar-refractivity contribution in [2.75, 3.05) is 37.7 Å². The molecule has 4 rings (SSSR count). The van der Waals surface area contributed by atoms with Gasteiger partial charge >= 0.3 is 0 Å². The SMILES string of the molecule is Cc1nc(C)n(CCC(=O)N2CCN(C(C)C)CCCN(C(=O)COc3ccccc3)c3c(C)cccc3C2)n1. The van der Waals surface area contributed by atoms with E-state index in [-0.39, 0.29) is 18.4 Å². The van der Waals surface area contributed by atoms with Gasteiger partial charge in [0.05, 0.1) is 12.2 Å². The van der Waals surface area contributed by atoms with E-state index in [0.717, 1.165) is 42.1 Å². The molecule has 0 unspecified atom stereocenters. The number of rotatable bonds is 7. The van der Waals surface area contributed by atoms with E-state index in [0.29, 0.717) is 50.2 Å². The number of ether oxygens (including phenoxy) is 1. The molecular formula is C31H42N6O3. The molecule has 0 atom stereocenters. The second-order valence-corrected chi connectivity index (χ2v) is 10.7. The molecule has 0 aliphatic carbocycles. The third-order valence-corrected chi connectivity index (χ3v) is 7.43. The fourth-order valence-corrected chi connectivity index (χ4v) is 5.27. The lowest BCUT2D eigenvalue weighted by molar-refractivity contribution is -0.132. The molecule has 1 aliphatic heterocycles. The molecule has 2 amide bonds. The van der Waals surface area contributed by atoms with E-state index in [2.05, 4.69) is 28.8 Å². The Morgan fingerprint density at radius 3 is 2.40 bits per heavy atom. The van der Waals surface area contributed by atoms with Crippen molar-refractivity contribution in [1.82, 2.24) is 24.6 Å². The third kappa shape index (κ3) is 7.47. The number of hydrogen-bond acceptors (Lipinski definition) is 6. The van der Waals surface area contributed by atoms with Gasteiger partial charge in [-0.25, -0.2) is 9.67 Å². The second kappa shape index (κ2) is 13.6.